The predicted molar refractivity (Wildman–Crippen MR) is 175 cm³/mol. The molecule has 4 N–H and O–H groups in total. The van der Waals surface area contributed by atoms with Crippen LogP contribution in [0.4, 0.5) is 0 Å². The Morgan fingerprint density at radius 2 is 1.71 bits per heavy atom. The van der Waals surface area contributed by atoms with Gasteiger partial charge in [0.25, 0.3) is 0 Å². The number of nitrogens with two attached hydrogens (primary N) is 1. The number of likely N-dealkylation sites (N-methyl/N-ethyl adjacent to an activating group) is 1. The Bertz CT molecular complexity index is 1450. The molecule has 3 atom stereocenters. The fourth-order valence-corrected chi connectivity index (χ4v) is 6.44. The summed E-state index contributed by atoms with van der Waals surface area (Å²) in [5.41, 5.74) is 8.10. The Balaban J connectivity index is 1.59. The van der Waals surface area contributed by atoms with Gasteiger partial charge in [0.15, 0.2) is 0 Å². The smallest absolute Gasteiger partial charge is 0.243 e. The highest BCUT2D eigenvalue weighted by atomic mass is 16.2. The number of carbonyl (C=O) groups excluding carboxylic acids is 4. The summed E-state index contributed by atoms with van der Waals surface area (Å²) in [7, 11) is 3.46. The second-order valence-corrected chi connectivity index (χ2v) is 12.8. The summed E-state index contributed by atoms with van der Waals surface area (Å²) in [5, 5.41) is 3.75. The Morgan fingerprint density at radius 1 is 1.00 bits per heavy atom. The molecule has 2 aromatic heterocycles. The quantitative estimate of drug-likeness (QED) is 0.251. The van der Waals surface area contributed by atoms with Crippen LogP contribution in [0, 0.1) is 11.8 Å². The molecule has 4 amide bonds. The van der Waals surface area contributed by atoms with E-state index in [0.717, 1.165) is 42.1 Å². The van der Waals surface area contributed by atoms with Crippen molar-refractivity contribution < 1.29 is 19.2 Å². The van der Waals surface area contributed by atoms with Crippen molar-refractivity contribution in [1.82, 2.24) is 25.1 Å². The van der Waals surface area contributed by atoms with Crippen LogP contribution in [0.5, 0.6) is 0 Å². The molecule has 3 aromatic rings. The van der Waals surface area contributed by atoms with Gasteiger partial charge in [0.05, 0.1) is 0 Å². The molecule has 1 aromatic carbocycles. The number of hydrogen-bond acceptors (Lipinski definition) is 5. The highest BCUT2D eigenvalue weighted by Crippen LogP contribution is 2.26. The van der Waals surface area contributed by atoms with E-state index in [2.05, 4.69) is 15.3 Å². The van der Waals surface area contributed by atoms with Crippen LogP contribution in [0.15, 0.2) is 54.9 Å². The van der Waals surface area contributed by atoms with Crippen LogP contribution in [0.25, 0.3) is 10.9 Å². The Labute approximate surface area is 266 Å². The fraction of sp³-hybridized carbons (Fsp3) is 0.514. The number of hydrogen-bond donors (Lipinski definition) is 3. The summed E-state index contributed by atoms with van der Waals surface area (Å²) in [4.78, 5) is 65.0. The van der Waals surface area contributed by atoms with E-state index in [9.17, 15) is 19.2 Å². The lowest BCUT2D eigenvalue weighted by Gasteiger charge is -2.34. The second kappa shape index (κ2) is 15.7. The largest absolute Gasteiger partial charge is 0.368 e. The van der Waals surface area contributed by atoms with Gasteiger partial charge in [-0.3, -0.25) is 24.2 Å². The van der Waals surface area contributed by atoms with Crippen molar-refractivity contribution in [2.75, 3.05) is 14.1 Å². The number of aromatic amines is 1. The molecule has 45 heavy (non-hydrogen) atoms. The van der Waals surface area contributed by atoms with Gasteiger partial charge in [0, 0.05) is 74.3 Å². The zero-order chi connectivity index (χ0) is 32.5. The number of pyridine rings is 1. The number of fused-ring (bicyclic) bond motifs is 1. The minimum atomic E-state index is -1.02. The van der Waals surface area contributed by atoms with E-state index in [1.165, 1.54) is 11.3 Å². The molecular formula is C35H48N6O4. The number of para-hydroxylation sites is 1. The number of benzene rings is 1. The van der Waals surface area contributed by atoms with E-state index in [1.807, 2.05) is 56.3 Å². The maximum Gasteiger partial charge on any atom is 0.243 e. The molecule has 4 rings (SSSR count). The SMILES string of the molecule is CC(C)CC(CC(=O)N(C)C1CCCCC1)C(=O)N(C)C(Cc1c[nH]c2ccccc12)C(=O)NC(Cc1ccccn1)C(N)=O. The van der Waals surface area contributed by atoms with Gasteiger partial charge in [-0.05, 0) is 48.9 Å². The van der Waals surface area contributed by atoms with Crippen molar-refractivity contribution >= 4 is 34.5 Å². The Hall–Kier alpha value is -4.21. The lowest BCUT2D eigenvalue weighted by molar-refractivity contribution is -0.146. The summed E-state index contributed by atoms with van der Waals surface area (Å²) in [5.74, 6) is -1.93. The number of H-pyrrole nitrogens is 1. The van der Waals surface area contributed by atoms with Gasteiger partial charge in [-0.2, -0.15) is 0 Å². The molecule has 0 spiro atoms. The van der Waals surface area contributed by atoms with E-state index >= 15 is 0 Å². The standard InChI is InChI=1S/C35H48N6O4/c1-23(2)18-24(20-32(42)40(3)27-13-6-5-7-14-27)35(45)41(4)31(19-25-22-38-29-16-9-8-15-28(25)29)34(44)39-30(33(36)43)21-26-12-10-11-17-37-26/h8-12,15-17,22-24,27,30-31,38H,5-7,13-14,18-21H2,1-4H3,(H2,36,43)(H,39,44). The number of carbonyl (C=O) groups is 4. The van der Waals surface area contributed by atoms with Crippen molar-refractivity contribution in [3.8, 4) is 0 Å². The molecule has 0 bridgehead atoms. The second-order valence-electron chi connectivity index (χ2n) is 12.8. The first-order valence-corrected chi connectivity index (χ1v) is 16.1. The maximum atomic E-state index is 14.2. The Morgan fingerprint density at radius 3 is 2.38 bits per heavy atom. The third-order valence-corrected chi connectivity index (χ3v) is 9.05. The number of rotatable bonds is 14. The predicted octanol–water partition coefficient (Wildman–Crippen LogP) is 3.99. The van der Waals surface area contributed by atoms with E-state index in [-0.39, 0.29) is 43.0 Å². The third kappa shape index (κ3) is 8.93. The molecule has 0 saturated heterocycles. The maximum absolute atomic E-state index is 14.2. The van der Waals surface area contributed by atoms with Gasteiger partial charge in [-0.15, -0.1) is 0 Å². The van der Waals surface area contributed by atoms with Crippen molar-refractivity contribution in [3.63, 3.8) is 0 Å². The van der Waals surface area contributed by atoms with E-state index < -0.39 is 29.8 Å². The molecule has 0 aliphatic heterocycles. The molecule has 10 nitrogen and oxygen atoms in total. The summed E-state index contributed by atoms with van der Waals surface area (Å²) < 4.78 is 0. The minimum Gasteiger partial charge on any atom is -0.368 e. The number of aromatic nitrogens is 2. The Kier molecular flexibility index (Phi) is 11.7. The molecule has 3 unspecified atom stereocenters. The van der Waals surface area contributed by atoms with Crippen LogP contribution in [-0.4, -0.2) is 75.6 Å². The topological polar surface area (TPSA) is 141 Å². The fourth-order valence-electron chi connectivity index (χ4n) is 6.44. The number of nitrogens with one attached hydrogen (secondary N) is 2. The molecule has 1 saturated carbocycles. The van der Waals surface area contributed by atoms with Gasteiger partial charge in [-0.1, -0.05) is 57.4 Å². The molecular weight excluding hydrogens is 568 g/mol. The highest BCUT2D eigenvalue weighted by Gasteiger charge is 2.36. The van der Waals surface area contributed by atoms with Gasteiger partial charge in [0.2, 0.25) is 23.6 Å². The van der Waals surface area contributed by atoms with Crippen molar-refractivity contribution in [1.29, 1.82) is 0 Å². The van der Waals surface area contributed by atoms with Crippen LogP contribution in [0.3, 0.4) is 0 Å². The average Bonchev–Trinajstić information content (AvgIpc) is 3.45. The van der Waals surface area contributed by atoms with Gasteiger partial charge in [0.1, 0.15) is 12.1 Å². The zero-order valence-electron chi connectivity index (χ0n) is 27.0. The van der Waals surface area contributed by atoms with Crippen LogP contribution >= 0.6 is 0 Å². The monoisotopic (exact) mass is 616 g/mol. The minimum absolute atomic E-state index is 0.0453. The summed E-state index contributed by atoms with van der Waals surface area (Å²) in [6, 6.07) is 11.3. The van der Waals surface area contributed by atoms with Gasteiger partial charge in [-0.25, -0.2) is 0 Å². The number of amides is 4. The van der Waals surface area contributed by atoms with Crippen LogP contribution in [0.1, 0.15) is 70.1 Å². The van der Waals surface area contributed by atoms with E-state index in [4.69, 9.17) is 5.73 Å². The van der Waals surface area contributed by atoms with Crippen molar-refractivity contribution in [2.24, 2.45) is 17.6 Å². The molecule has 1 aliphatic carbocycles. The van der Waals surface area contributed by atoms with E-state index in [1.54, 1.807) is 31.4 Å². The first kappa shape index (κ1) is 33.7. The average molecular weight is 617 g/mol. The molecule has 0 radical (unpaired) electrons. The first-order chi connectivity index (χ1) is 21.5. The van der Waals surface area contributed by atoms with Crippen molar-refractivity contribution in [2.45, 2.75) is 89.8 Å². The van der Waals surface area contributed by atoms with Gasteiger partial charge < -0.3 is 25.8 Å². The van der Waals surface area contributed by atoms with Crippen LogP contribution in [-0.2, 0) is 32.0 Å². The molecule has 1 aliphatic rings. The molecule has 2 heterocycles. The third-order valence-electron chi connectivity index (χ3n) is 9.05. The van der Waals surface area contributed by atoms with Crippen LogP contribution in [0.2, 0.25) is 0 Å². The normalized spacial score (nSPS) is 15.8. The van der Waals surface area contributed by atoms with Gasteiger partial charge >= 0.3 is 0 Å². The lowest BCUT2D eigenvalue weighted by atomic mass is 9.90. The molecule has 1 fully saturated rings. The number of primary amides is 1. The highest BCUT2D eigenvalue weighted by molar-refractivity contribution is 5.94. The summed E-state index contributed by atoms with van der Waals surface area (Å²) in [6.07, 6.45) is 9.75. The van der Waals surface area contributed by atoms with E-state index in [0.29, 0.717) is 12.1 Å². The molecule has 10 heteroatoms. The first-order valence-electron chi connectivity index (χ1n) is 16.1. The molecule has 242 valence electrons. The number of nitrogens with zero attached hydrogens (tertiary/aromatic N) is 3. The summed E-state index contributed by atoms with van der Waals surface area (Å²) >= 11 is 0. The summed E-state index contributed by atoms with van der Waals surface area (Å²) in [6.45, 7) is 4.06. The zero-order valence-corrected chi connectivity index (χ0v) is 27.0. The van der Waals surface area contributed by atoms with Crippen molar-refractivity contribution in [3.05, 3.63) is 66.1 Å². The lowest BCUT2D eigenvalue weighted by Crippen LogP contribution is -2.55. The van der Waals surface area contributed by atoms with Crippen LogP contribution < -0.4 is 11.1 Å².